The van der Waals surface area contributed by atoms with Crippen LogP contribution in [0.2, 0.25) is 0 Å². The molecule has 6 nitrogen and oxygen atoms in total. The molecule has 0 aromatic rings. The van der Waals surface area contributed by atoms with E-state index in [9.17, 15) is 14.4 Å². The molecule has 0 bridgehead atoms. The first kappa shape index (κ1) is 66.4. The van der Waals surface area contributed by atoms with Gasteiger partial charge in [0.1, 0.15) is 13.2 Å². The van der Waals surface area contributed by atoms with Crippen LogP contribution in [0.3, 0.4) is 0 Å². The molecule has 0 radical (unpaired) electrons. The summed E-state index contributed by atoms with van der Waals surface area (Å²) in [5, 5.41) is 0. The van der Waals surface area contributed by atoms with Crippen molar-refractivity contribution < 1.29 is 28.6 Å². The Morgan fingerprint density at radius 2 is 0.565 bits per heavy atom. The molecule has 0 aliphatic carbocycles. The summed E-state index contributed by atoms with van der Waals surface area (Å²) in [6, 6.07) is 0. The smallest absolute Gasteiger partial charge is 0.306 e. The molecule has 0 N–H and O–H groups in total. The molecule has 1 atom stereocenters. The maximum Gasteiger partial charge on any atom is 0.306 e. The molecule has 0 aliphatic heterocycles. The minimum atomic E-state index is -0.768. The molecule has 0 spiro atoms. The summed E-state index contributed by atoms with van der Waals surface area (Å²) in [6.07, 6.45) is 71.2. The van der Waals surface area contributed by atoms with Gasteiger partial charge in [-0.15, -0.1) is 0 Å². The molecule has 1 unspecified atom stereocenters. The third-order valence-electron chi connectivity index (χ3n) is 13.3. The number of allylic oxidation sites excluding steroid dienone is 8. The second-order valence-corrected chi connectivity index (χ2v) is 20.2. The Hall–Kier alpha value is -2.63. The molecular formula is C63H114O6. The topological polar surface area (TPSA) is 78.9 Å². The van der Waals surface area contributed by atoms with Crippen LogP contribution in [0.25, 0.3) is 0 Å². The minimum Gasteiger partial charge on any atom is -0.462 e. The number of hydrogen-bond donors (Lipinski definition) is 0. The van der Waals surface area contributed by atoms with Crippen LogP contribution in [0.1, 0.15) is 316 Å². The second kappa shape index (κ2) is 57.9. The quantitative estimate of drug-likeness (QED) is 0.0262. The van der Waals surface area contributed by atoms with Gasteiger partial charge in [-0.2, -0.15) is 0 Å². The number of carbonyl (C=O) groups excluding carboxylic acids is 3. The van der Waals surface area contributed by atoms with E-state index in [1.54, 1.807) is 0 Å². The van der Waals surface area contributed by atoms with Crippen molar-refractivity contribution in [3.8, 4) is 0 Å². The highest BCUT2D eigenvalue weighted by molar-refractivity contribution is 5.71. The van der Waals surface area contributed by atoms with Crippen molar-refractivity contribution in [1.82, 2.24) is 0 Å². The molecule has 0 heterocycles. The lowest BCUT2D eigenvalue weighted by atomic mass is 10.0. The van der Waals surface area contributed by atoms with E-state index < -0.39 is 6.10 Å². The number of esters is 3. The van der Waals surface area contributed by atoms with E-state index in [1.807, 2.05) is 0 Å². The van der Waals surface area contributed by atoms with Gasteiger partial charge in [-0.1, -0.05) is 288 Å². The third-order valence-corrected chi connectivity index (χ3v) is 13.3. The second-order valence-electron chi connectivity index (χ2n) is 20.2. The summed E-state index contributed by atoms with van der Waals surface area (Å²) >= 11 is 0. The Balaban J connectivity index is 4.18. The normalized spacial score (nSPS) is 12.3. The molecule has 6 heteroatoms. The SMILES string of the molecule is CC/C=C\C/C=C\C/C=C\C/C=C\CCCCCCCCCCCCCCC(=O)OCC(COC(=O)CCCCCCCCCCC)OC(=O)CCCCCCCCCCCCCCCCCCC. The lowest BCUT2D eigenvalue weighted by Gasteiger charge is -2.18. The summed E-state index contributed by atoms with van der Waals surface area (Å²) < 4.78 is 16.9. The highest BCUT2D eigenvalue weighted by atomic mass is 16.6. The van der Waals surface area contributed by atoms with E-state index in [4.69, 9.17) is 14.2 Å². The summed E-state index contributed by atoms with van der Waals surface area (Å²) in [4.78, 5) is 38.1. The number of hydrogen-bond acceptors (Lipinski definition) is 6. The zero-order chi connectivity index (χ0) is 50.0. The highest BCUT2D eigenvalue weighted by Crippen LogP contribution is 2.17. The third kappa shape index (κ3) is 56.2. The standard InChI is InChI=1S/C63H114O6/c1-4-7-10-13-16-19-21-23-25-27-28-29-30-31-32-33-34-36-37-39-41-44-47-50-53-56-62(65)68-59-60(58-67-61(64)55-52-49-46-43-18-15-12-9-6-3)69-63(66)57-54-51-48-45-42-40-38-35-26-24-22-20-17-14-11-8-5-2/h7,10,16,19,23,25,28-29,60H,4-6,8-9,11-15,17-18,20-22,24,26-27,30-59H2,1-3H3/b10-7-,19-16-,25-23-,29-28-. The Bertz CT molecular complexity index is 1200. The van der Waals surface area contributed by atoms with Crippen molar-refractivity contribution in [1.29, 1.82) is 0 Å². The van der Waals surface area contributed by atoms with Crippen molar-refractivity contribution in [3.63, 3.8) is 0 Å². The summed E-state index contributed by atoms with van der Waals surface area (Å²) in [6.45, 7) is 6.55. The fourth-order valence-electron chi connectivity index (χ4n) is 8.85. The predicted molar refractivity (Wildman–Crippen MR) is 298 cm³/mol. The van der Waals surface area contributed by atoms with Crippen LogP contribution in [-0.4, -0.2) is 37.2 Å². The van der Waals surface area contributed by atoms with Gasteiger partial charge in [-0.05, 0) is 57.8 Å². The van der Waals surface area contributed by atoms with Gasteiger partial charge < -0.3 is 14.2 Å². The number of ether oxygens (including phenoxy) is 3. The first-order chi connectivity index (χ1) is 34.0. The summed E-state index contributed by atoms with van der Waals surface area (Å²) in [5.74, 6) is -0.855. The lowest BCUT2D eigenvalue weighted by molar-refractivity contribution is -0.167. The van der Waals surface area contributed by atoms with Gasteiger partial charge in [0.2, 0.25) is 0 Å². The van der Waals surface area contributed by atoms with Crippen molar-refractivity contribution in [2.45, 2.75) is 322 Å². The molecular weight excluding hydrogens is 853 g/mol. The monoisotopic (exact) mass is 967 g/mol. The van der Waals surface area contributed by atoms with E-state index in [0.29, 0.717) is 19.3 Å². The first-order valence-electron chi connectivity index (χ1n) is 30.1. The molecule has 0 rings (SSSR count). The molecule has 402 valence electrons. The van der Waals surface area contributed by atoms with Gasteiger partial charge in [0.25, 0.3) is 0 Å². The Morgan fingerprint density at radius 3 is 0.884 bits per heavy atom. The van der Waals surface area contributed by atoms with E-state index in [-0.39, 0.29) is 31.1 Å². The average Bonchev–Trinajstić information content (AvgIpc) is 3.35. The summed E-state index contributed by atoms with van der Waals surface area (Å²) in [5.41, 5.74) is 0. The van der Waals surface area contributed by atoms with E-state index >= 15 is 0 Å². The minimum absolute atomic E-state index is 0.0684. The van der Waals surface area contributed by atoms with Gasteiger partial charge in [-0.3, -0.25) is 14.4 Å². The molecule has 0 saturated heterocycles. The van der Waals surface area contributed by atoms with Gasteiger partial charge in [-0.25, -0.2) is 0 Å². The highest BCUT2D eigenvalue weighted by Gasteiger charge is 2.19. The Morgan fingerprint density at radius 1 is 0.304 bits per heavy atom. The van der Waals surface area contributed by atoms with Crippen LogP contribution < -0.4 is 0 Å². The maximum atomic E-state index is 12.8. The molecule has 0 fully saturated rings. The van der Waals surface area contributed by atoms with Gasteiger partial charge in [0.05, 0.1) is 0 Å². The summed E-state index contributed by atoms with van der Waals surface area (Å²) in [7, 11) is 0. The fraction of sp³-hybridized carbons (Fsp3) is 0.825. The predicted octanol–water partition coefficient (Wildman–Crippen LogP) is 20.2. The van der Waals surface area contributed by atoms with Crippen LogP contribution in [0.5, 0.6) is 0 Å². The molecule has 69 heavy (non-hydrogen) atoms. The fourth-order valence-corrected chi connectivity index (χ4v) is 8.85. The van der Waals surface area contributed by atoms with E-state index in [0.717, 1.165) is 83.5 Å². The van der Waals surface area contributed by atoms with Gasteiger partial charge >= 0.3 is 17.9 Å². The number of unbranched alkanes of at least 4 members (excludes halogenated alkanes) is 36. The first-order valence-corrected chi connectivity index (χ1v) is 30.1. The van der Waals surface area contributed by atoms with Crippen LogP contribution in [-0.2, 0) is 28.6 Å². The van der Waals surface area contributed by atoms with Crippen LogP contribution in [0, 0.1) is 0 Å². The largest absolute Gasteiger partial charge is 0.462 e. The number of carbonyl (C=O) groups is 3. The van der Waals surface area contributed by atoms with E-state index in [1.165, 1.54) is 193 Å². The molecule has 0 aliphatic rings. The average molecular weight is 968 g/mol. The molecule has 0 aromatic heterocycles. The lowest BCUT2D eigenvalue weighted by Crippen LogP contribution is -2.30. The van der Waals surface area contributed by atoms with Crippen molar-refractivity contribution >= 4 is 17.9 Å². The van der Waals surface area contributed by atoms with Crippen LogP contribution in [0.15, 0.2) is 48.6 Å². The van der Waals surface area contributed by atoms with Gasteiger partial charge in [0.15, 0.2) is 6.10 Å². The van der Waals surface area contributed by atoms with Crippen LogP contribution in [0.4, 0.5) is 0 Å². The zero-order valence-corrected chi connectivity index (χ0v) is 46.1. The maximum absolute atomic E-state index is 12.8. The van der Waals surface area contributed by atoms with Crippen LogP contribution >= 0.6 is 0 Å². The molecule has 0 aromatic carbocycles. The van der Waals surface area contributed by atoms with Crippen molar-refractivity contribution in [2.75, 3.05) is 13.2 Å². The Labute approximate surface area is 428 Å². The molecule has 0 saturated carbocycles. The van der Waals surface area contributed by atoms with Crippen molar-refractivity contribution in [3.05, 3.63) is 48.6 Å². The van der Waals surface area contributed by atoms with E-state index in [2.05, 4.69) is 69.4 Å². The van der Waals surface area contributed by atoms with Crippen molar-refractivity contribution in [2.24, 2.45) is 0 Å². The van der Waals surface area contributed by atoms with Gasteiger partial charge in [0, 0.05) is 19.3 Å². The molecule has 0 amide bonds. The zero-order valence-electron chi connectivity index (χ0n) is 46.1. The Kier molecular flexibility index (Phi) is 55.7. The number of rotatable bonds is 55.